The normalized spacial score (nSPS) is 12.8. The highest BCUT2D eigenvalue weighted by atomic mass is 14.9. The molecule has 0 aliphatic heterocycles. The van der Waals surface area contributed by atoms with Crippen molar-refractivity contribution in [3.63, 3.8) is 0 Å². The van der Waals surface area contributed by atoms with Crippen molar-refractivity contribution < 1.29 is 5.94 Å². The average molecular weight is 383 g/mol. The maximum atomic E-state index is 8.78. The fraction of sp³-hybridized carbons (Fsp3) is 0.259. The molecular formula is C27H29N2+. The van der Waals surface area contributed by atoms with E-state index in [-0.39, 0.29) is 0 Å². The van der Waals surface area contributed by atoms with Crippen molar-refractivity contribution in [2.75, 3.05) is 0 Å². The van der Waals surface area contributed by atoms with Crippen molar-refractivity contribution in [1.82, 2.24) is 4.98 Å². The highest BCUT2D eigenvalue weighted by Crippen LogP contribution is 2.33. The van der Waals surface area contributed by atoms with Gasteiger partial charge in [-0.15, -0.1) is 0 Å². The van der Waals surface area contributed by atoms with Crippen LogP contribution in [0.3, 0.4) is 0 Å². The molecule has 2 nitrogen and oxygen atoms in total. The number of hydrogen-bond acceptors (Lipinski definition) is 1. The second-order valence-corrected chi connectivity index (χ2v) is 8.00. The number of nitrogens with zero attached hydrogens (tertiary/aromatic N) is 2. The Labute approximate surface area is 175 Å². The van der Waals surface area contributed by atoms with Crippen LogP contribution in [-0.4, -0.2) is 4.98 Å². The summed E-state index contributed by atoms with van der Waals surface area (Å²) < 4.78 is 11.0. The minimum atomic E-state index is 0.488. The third-order valence-electron chi connectivity index (χ3n) is 6.12. The van der Waals surface area contributed by atoms with Crippen LogP contribution >= 0.6 is 0 Å². The van der Waals surface area contributed by atoms with Crippen molar-refractivity contribution in [2.45, 2.75) is 40.0 Å². The predicted octanol–water partition coefficient (Wildman–Crippen LogP) is 6.52. The van der Waals surface area contributed by atoms with Crippen LogP contribution in [0, 0.1) is 13.8 Å². The Bertz CT molecular complexity index is 1230. The fourth-order valence-electron chi connectivity index (χ4n) is 3.96. The summed E-state index contributed by atoms with van der Waals surface area (Å²) >= 11 is 0. The van der Waals surface area contributed by atoms with E-state index in [1.54, 1.807) is 6.20 Å². The molecule has 29 heavy (non-hydrogen) atoms. The highest BCUT2D eigenvalue weighted by molar-refractivity contribution is 5.95. The van der Waals surface area contributed by atoms with Crippen LogP contribution in [0.25, 0.3) is 33.2 Å². The summed E-state index contributed by atoms with van der Waals surface area (Å²) in [5.74, 6) is 0.488. The van der Waals surface area contributed by atoms with Crippen LogP contribution in [0.2, 0.25) is 0 Å². The van der Waals surface area contributed by atoms with Crippen LogP contribution < -0.4 is 4.57 Å². The molecule has 0 radical (unpaired) electrons. The van der Waals surface area contributed by atoms with Gasteiger partial charge in [0.05, 0.1) is 12.3 Å². The smallest absolute Gasteiger partial charge is 0.220 e. The quantitative estimate of drug-likeness (QED) is 0.367. The molecule has 0 saturated heterocycles. The minimum absolute atomic E-state index is 0.488. The zero-order valence-corrected chi connectivity index (χ0v) is 18.0. The molecule has 4 aromatic rings. The number of aryl methyl sites for hydroxylation is 1. The van der Waals surface area contributed by atoms with E-state index < -0.39 is 0 Å². The zero-order chi connectivity index (χ0) is 21.4. The van der Waals surface area contributed by atoms with Crippen molar-refractivity contribution in [1.29, 1.82) is 0 Å². The van der Waals surface area contributed by atoms with Gasteiger partial charge in [-0.05, 0) is 59.5 Å². The summed E-state index contributed by atoms with van der Waals surface area (Å²) in [7, 11) is 2.07. The van der Waals surface area contributed by atoms with E-state index in [1.807, 2.05) is 19.2 Å². The number of aromatic nitrogens is 2. The summed E-state index contributed by atoms with van der Waals surface area (Å²) in [6, 6.07) is 17.9. The second kappa shape index (κ2) is 7.79. The van der Waals surface area contributed by atoms with Gasteiger partial charge in [0, 0.05) is 30.9 Å². The molecule has 0 aliphatic rings. The van der Waals surface area contributed by atoms with Crippen molar-refractivity contribution in [3.8, 4) is 22.4 Å². The van der Waals surface area contributed by atoms with E-state index in [1.165, 1.54) is 16.7 Å². The number of pyridine rings is 2. The van der Waals surface area contributed by atoms with Crippen LogP contribution in [0.1, 0.15) is 44.4 Å². The summed E-state index contributed by atoms with van der Waals surface area (Å²) in [5, 5.41) is 2.16. The Kier molecular flexibility index (Phi) is 4.85. The van der Waals surface area contributed by atoms with E-state index in [0.717, 1.165) is 39.7 Å². The lowest BCUT2D eigenvalue weighted by Crippen LogP contribution is -2.35. The van der Waals surface area contributed by atoms with Crippen molar-refractivity contribution >= 4 is 10.8 Å². The fourth-order valence-corrected chi connectivity index (χ4v) is 3.96. The van der Waals surface area contributed by atoms with E-state index in [0.29, 0.717) is 12.0 Å². The molecule has 0 spiro atoms. The number of benzene rings is 2. The SMILES string of the molecule is [2H]c1c(C)[n+](C)c(-c2cc(-c3cccnc3)ccc2C)c2ccc(C(C)CC)cc12. The largest absolute Gasteiger partial charge is 0.264 e. The number of rotatable bonds is 4. The highest BCUT2D eigenvalue weighted by Gasteiger charge is 2.21. The molecule has 2 heterocycles. The minimum Gasteiger partial charge on any atom is -0.264 e. The maximum absolute atomic E-state index is 8.78. The predicted molar refractivity (Wildman–Crippen MR) is 122 cm³/mol. The molecule has 0 amide bonds. The maximum Gasteiger partial charge on any atom is 0.220 e. The van der Waals surface area contributed by atoms with E-state index in [2.05, 4.69) is 79.8 Å². The van der Waals surface area contributed by atoms with Crippen molar-refractivity contribution in [2.24, 2.45) is 7.05 Å². The van der Waals surface area contributed by atoms with Gasteiger partial charge in [0.1, 0.15) is 7.05 Å². The van der Waals surface area contributed by atoms with Gasteiger partial charge in [0.25, 0.3) is 0 Å². The van der Waals surface area contributed by atoms with Gasteiger partial charge in [-0.2, -0.15) is 4.57 Å². The van der Waals surface area contributed by atoms with Crippen LogP contribution in [0.15, 0.2) is 67.0 Å². The first-order valence-corrected chi connectivity index (χ1v) is 10.4. The van der Waals surface area contributed by atoms with Gasteiger partial charge in [-0.3, -0.25) is 4.98 Å². The molecule has 2 aromatic carbocycles. The lowest BCUT2D eigenvalue weighted by molar-refractivity contribution is -0.665. The first-order chi connectivity index (χ1) is 14.4. The topological polar surface area (TPSA) is 16.8 Å². The van der Waals surface area contributed by atoms with Gasteiger partial charge < -0.3 is 0 Å². The molecule has 0 aliphatic carbocycles. The molecule has 0 N–H and O–H groups in total. The lowest BCUT2D eigenvalue weighted by atomic mass is 9.92. The number of fused-ring (bicyclic) bond motifs is 1. The molecule has 2 heteroatoms. The molecule has 1 unspecified atom stereocenters. The summed E-state index contributed by atoms with van der Waals surface area (Å²) in [4.78, 5) is 4.28. The van der Waals surface area contributed by atoms with Gasteiger partial charge in [0.15, 0.2) is 5.69 Å². The molecule has 2 aromatic heterocycles. The first kappa shape index (κ1) is 18.1. The Morgan fingerprint density at radius 1 is 1.07 bits per heavy atom. The molecule has 0 saturated carbocycles. The first-order valence-electron chi connectivity index (χ1n) is 10.9. The standard InChI is InChI=1S/C27H29N2/c1-6-18(2)21-11-12-25-24(15-21)14-20(4)29(5)27(25)26-16-22(10-9-19(26)3)23-8-7-13-28-17-23/h7-18H,6H2,1-5H3/q+1/i14D. The zero-order valence-electron chi connectivity index (χ0n) is 19.0. The van der Waals surface area contributed by atoms with Crippen molar-refractivity contribution in [3.05, 3.63) is 83.8 Å². The Morgan fingerprint density at radius 2 is 1.90 bits per heavy atom. The van der Waals surface area contributed by atoms with Gasteiger partial charge >= 0.3 is 0 Å². The van der Waals surface area contributed by atoms with Crippen LogP contribution in [0.5, 0.6) is 0 Å². The van der Waals surface area contributed by atoms with Crippen LogP contribution in [0.4, 0.5) is 0 Å². The van der Waals surface area contributed by atoms with E-state index >= 15 is 0 Å². The van der Waals surface area contributed by atoms with Crippen LogP contribution in [-0.2, 0) is 7.05 Å². The summed E-state index contributed by atoms with van der Waals surface area (Å²) in [6.45, 7) is 8.67. The summed E-state index contributed by atoms with van der Waals surface area (Å²) in [6.07, 6.45) is 4.80. The lowest BCUT2D eigenvalue weighted by Gasteiger charge is -2.14. The van der Waals surface area contributed by atoms with Gasteiger partial charge in [-0.1, -0.05) is 44.2 Å². The molecule has 1 atom stereocenters. The monoisotopic (exact) mass is 382 g/mol. The molecule has 4 rings (SSSR count). The molecular weight excluding hydrogens is 352 g/mol. The third-order valence-corrected chi connectivity index (χ3v) is 6.12. The summed E-state index contributed by atoms with van der Waals surface area (Å²) in [5.41, 5.74) is 8.13. The second-order valence-electron chi connectivity index (χ2n) is 8.00. The Balaban J connectivity index is 2.01. The Hall–Kier alpha value is -3.00. The van der Waals surface area contributed by atoms with E-state index in [4.69, 9.17) is 1.37 Å². The van der Waals surface area contributed by atoms with Gasteiger partial charge in [0.2, 0.25) is 5.69 Å². The van der Waals surface area contributed by atoms with Gasteiger partial charge in [-0.25, -0.2) is 0 Å². The third kappa shape index (κ3) is 3.55. The Morgan fingerprint density at radius 3 is 2.62 bits per heavy atom. The molecule has 0 fully saturated rings. The molecule has 0 bridgehead atoms. The number of hydrogen-bond donors (Lipinski definition) is 0. The molecule has 146 valence electrons. The van der Waals surface area contributed by atoms with E-state index in [9.17, 15) is 0 Å². The average Bonchev–Trinajstić information content (AvgIpc) is 2.78.